The lowest BCUT2D eigenvalue weighted by molar-refractivity contribution is 0.590. The molecule has 17 heavy (non-hydrogen) atoms. The van der Waals surface area contributed by atoms with Crippen molar-refractivity contribution in [2.24, 2.45) is 5.73 Å². The van der Waals surface area contributed by atoms with E-state index in [2.05, 4.69) is 5.10 Å². The van der Waals surface area contributed by atoms with Crippen molar-refractivity contribution in [1.82, 2.24) is 9.78 Å². The molecule has 88 valence electrons. The molecule has 0 saturated carbocycles. The van der Waals surface area contributed by atoms with Crippen LogP contribution < -0.4 is 11.3 Å². The van der Waals surface area contributed by atoms with E-state index in [-0.39, 0.29) is 5.56 Å². The second-order valence-electron chi connectivity index (χ2n) is 3.55. The number of rotatable bonds is 3. The van der Waals surface area contributed by atoms with Crippen molar-refractivity contribution in [3.8, 4) is 11.3 Å². The van der Waals surface area contributed by atoms with Gasteiger partial charge in [-0.3, -0.25) is 4.79 Å². The van der Waals surface area contributed by atoms with Gasteiger partial charge in [0.25, 0.3) is 5.56 Å². The molecule has 0 amide bonds. The Kier molecular flexibility index (Phi) is 3.56. The Labute approximate surface area is 104 Å². The summed E-state index contributed by atoms with van der Waals surface area (Å²) in [6.45, 7) is 0.774. The van der Waals surface area contributed by atoms with Crippen LogP contribution in [0, 0.1) is 0 Å². The zero-order valence-corrected chi connectivity index (χ0v) is 9.89. The number of aromatic nitrogens is 2. The van der Waals surface area contributed by atoms with Crippen molar-refractivity contribution in [3.63, 3.8) is 0 Å². The van der Waals surface area contributed by atoms with Crippen LogP contribution in [0.15, 0.2) is 41.2 Å². The van der Waals surface area contributed by atoms with E-state index >= 15 is 0 Å². The van der Waals surface area contributed by atoms with Crippen LogP contribution in [0.4, 0.5) is 0 Å². The maximum absolute atomic E-state index is 11.5. The maximum atomic E-state index is 11.5. The van der Waals surface area contributed by atoms with Gasteiger partial charge in [0.05, 0.1) is 17.3 Å². The topological polar surface area (TPSA) is 60.9 Å². The van der Waals surface area contributed by atoms with E-state index in [0.717, 1.165) is 5.56 Å². The summed E-state index contributed by atoms with van der Waals surface area (Å²) in [6, 6.07) is 10.5. The first-order chi connectivity index (χ1) is 8.22. The van der Waals surface area contributed by atoms with Gasteiger partial charge in [0, 0.05) is 18.2 Å². The van der Waals surface area contributed by atoms with Crippen molar-refractivity contribution in [2.75, 3.05) is 6.54 Å². The van der Waals surface area contributed by atoms with Gasteiger partial charge in [0.15, 0.2) is 0 Å². The van der Waals surface area contributed by atoms with E-state index in [4.69, 9.17) is 17.3 Å². The van der Waals surface area contributed by atoms with Crippen molar-refractivity contribution >= 4 is 11.6 Å². The molecule has 2 aromatic rings. The number of benzene rings is 1. The van der Waals surface area contributed by atoms with E-state index in [0.29, 0.717) is 23.8 Å². The SMILES string of the molecule is NCCn1nc(-c2ccccc2Cl)ccc1=O. The fraction of sp³-hybridized carbons (Fsp3) is 0.167. The molecule has 2 N–H and O–H groups in total. The second kappa shape index (κ2) is 5.12. The molecule has 4 nitrogen and oxygen atoms in total. The highest BCUT2D eigenvalue weighted by Crippen LogP contribution is 2.24. The Hall–Kier alpha value is -1.65. The van der Waals surface area contributed by atoms with Crippen molar-refractivity contribution in [2.45, 2.75) is 6.54 Å². The highest BCUT2D eigenvalue weighted by atomic mass is 35.5. The minimum absolute atomic E-state index is 0.161. The van der Waals surface area contributed by atoms with Gasteiger partial charge in [-0.15, -0.1) is 0 Å². The van der Waals surface area contributed by atoms with Crippen LogP contribution in [0.25, 0.3) is 11.3 Å². The number of nitrogens with zero attached hydrogens (tertiary/aromatic N) is 2. The predicted molar refractivity (Wildman–Crippen MR) is 68.0 cm³/mol. The maximum Gasteiger partial charge on any atom is 0.266 e. The number of nitrogens with two attached hydrogens (primary N) is 1. The summed E-state index contributed by atoms with van der Waals surface area (Å²) in [5.74, 6) is 0. The minimum atomic E-state index is -0.161. The molecule has 0 bridgehead atoms. The third-order valence-electron chi connectivity index (χ3n) is 2.36. The van der Waals surface area contributed by atoms with E-state index in [1.165, 1.54) is 10.7 Å². The lowest BCUT2D eigenvalue weighted by atomic mass is 10.1. The summed E-state index contributed by atoms with van der Waals surface area (Å²) in [4.78, 5) is 11.5. The first-order valence-corrected chi connectivity index (χ1v) is 5.63. The molecule has 0 aliphatic heterocycles. The van der Waals surface area contributed by atoms with Crippen LogP contribution in [0.3, 0.4) is 0 Å². The molecule has 5 heteroatoms. The molecule has 0 spiro atoms. The van der Waals surface area contributed by atoms with Gasteiger partial charge in [-0.05, 0) is 12.1 Å². The molecular formula is C12H12ClN3O. The van der Waals surface area contributed by atoms with Crippen LogP contribution in [-0.4, -0.2) is 16.3 Å². The van der Waals surface area contributed by atoms with Gasteiger partial charge < -0.3 is 5.73 Å². The van der Waals surface area contributed by atoms with Gasteiger partial charge in [-0.25, -0.2) is 4.68 Å². The summed E-state index contributed by atoms with van der Waals surface area (Å²) in [5.41, 5.74) is 6.74. The predicted octanol–water partition coefficient (Wildman–Crippen LogP) is 1.52. The summed E-state index contributed by atoms with van der Waals surface area (Å²) >= 11 is 6.08. The molecule has 2 rings (SSSR count). The van der Waals surface area contributed by atoms with E-state index in [1.807, 2.05) is 18.2 Å². The molecule has 0 aliphatic rings. The third kappa shape index (κ3) is 2.54. The van der Waals surface area contributed by atoms with E-state index < -0.39 is 0 Å². The molecule has 1 aromatic heterocycles. The number of halogens is 1. The Morgan fingerprint density at radius 2 is 2.00 bits per heavy atom. The Bertz CT molecular complexity index is 580. The van der Waals surface area contributed by atoms with Crippen LogP contribution in [0.1, 0.15) is 0 Å². The number of hydrogen-bond donors (Lipinski definition) is 1. The Morgan fingerprint density at radius 1 is 1.24 bits per heavy atom. The first-order valence-electron chi connectivity index (χ1n) is 5.25. The van der Waals surface area contributed by atoms with E-state index in [1.54, 1.807) is 12.1 Å². The zero-order chi connectivity index (χ0) is 12.3. The molecule has 0 atom stereocenters. The molecule has 1 aromatic carbocycles. The van der Waals surface area contributed by atoms with Gasteiger partial charge in [-0.1, -0.05) is 29.8 Å². The smallest absolute Gasteiger partial charge is 0.266 e. The molecule has 1 heterocycles. The van der Waals surface area contributed by atoms with Gasteiger partial charge >= 0.3 is 0 Å². The van der Waals surface area contributed by atoms with Gasteiger partial charge in [0.2, 0.25) is 0 Å². The summed E-state index contributed by atoms with van der Waals surface area (Å²) in [7, 11) is 0. The third-order valence-corrected chi connectivity index (χ3v) is 2.69. The van der Waals surface area contributed by atoms with Crippen molar-refractivity contribution in [3.05, 3.63) is 51.8 Å². The van der Waals surface area contributed by atoms with Gasteiger partial charge in [-0.2, -0.15) is 5.10 Å². The van der Waals surface area contributed by atoms with Crippen LogP contribution >= 0.6 is 11.6 Å². The molecule has 0 aliphatic carbocycles. The first kappa shape index (κ1) is 11.8. The Balaban J connectivity index is 2.50. The standard InChI is InChI=1S/C12H12ClN3O/c13-10-4-2-1-3-9(10)11-5-6-12(17)16(15-11)8-7-14/h1-6H,7-8,14H2. The zero-order valence-electron chi connectivity index (χ0n) is 9.14. The lowest BCUT2D eigenvalue weighted by Crippen LogP contribution is -2.25. The van der Waals surface area contributed by atoms with Crippen LogP contribution in [0.5, 0.6) is 0 Å². The molecule has 0 radical (unpaired) electrons. The van der Waals surface area contributed by atoms with Gasteiger partial charge in [0.1, 0.15) is 0 Å². The number of hydrogen-bond acceptors (Lipinski definition) is 3. The Morgan fingerprint density at radius 3 is 2.71 bits per heavy atom. The van der Waals surface area contributed by atoms with E-state index in [9.17, 15) is 4.79 Å². The summed E-state index contributed by atoms with van der Waals surface area (Å²) < 4.78 is 1.35. The fourth-order valence-electron chi connectivity index (χ4n) is 1.54. The quantitative estimate of drug-likeness (QED) is 0.897. The molecular weight excluding hydrogens is 238 g/mol. The average Bonchev–Trinajstić information content (AvgIpc) is 2.33. The summed E-state index contributed by atoms with van der Waals surface area (Å²) in [6.07, 6.45) is 0. The molecule has 0 fully saturated rings. The highest BCUT2D eigenvalue weighted by Gasteiger charge is 2.05. The molecule has 0 saturated heterocycles. The average molecular weight is 250 g/mol. The van der Waals surface area contributed by atoms with Crippen molar-refractivity contribution < 1.29 is 0 Å². The normalized spacial score (nSPS) is 10.5. The molecule has 0 unspecified atom stereocenters. The monoisotopic (exact) mass is 249 g/mol. The minimum Gasteiger partial charge on any atom is -0.329 e. The van der Waals surface area contributed by atoms with Crippen LogP contribution in [-0.2, 0) is 6.54 Å². The largest absolute Gasteiger partial charge is 0.329 e. The summed E-state index contributed by atoms with van der Waals surface area (Å²) in [5, 5.41) is 4.84. The van der Waals surface area contributed by atoms with Crippen molar-refractivity contribution in [1.29, 1.82) is 0 Å². The highest BCUT2D eigenvalue weighted by molar-refractivity contribution is 6.33. The fourth-order valence-corrected chi connectivity index (χ4v) is 1.78. The van der Waals surface area contributed by atoms with Crippen LogP contribution in [0.2, 0.25) is 5.02 Å². The second-order valence-corrected chi connectivity index (χ2v) is 3.96. The lowest BCUT2D eigenvalue weighted by Gasteiger charge is -2.06.